The number of hydrogen-bond acceptors (Lipinski definition) is 5. The second-order valence-electron chi connectivity index (χ2n) is 6.31. The molecule has 2 heterocycles. The molecule has 3 unspecified atom stereocenters. The highest BCUT2D eigenvalue weighted by atomic mass is 16.5. The predicted octanol–water partition coefficient (Wildman–Crippen LogP) is 1.90. The molecular weight excluding hydrogens is 280 g/mol. The number of rotatable bonds is 2. The number of fused-ring (bicyclic) bond motifs is 3. The highest BCUT2D eigenvalue weighted by Crippen LogP contribution is 2.45. The summed E-state index contributed by atoms with van der Waals surface area (Å²) in [6.45, 7) is 3.63. The van der Waals surface area contributed by atoms with Crippen LogP contribution in [0.15, 0.2) is 12.1 Å². The minimum Gasteiger partial charge on any atom is -0.493 e. The van der Waals surface area contributed by atoms with Gasteiger partial charge in [-0.1, -0.05) is 6.92 Å². The predicted molar refractivity (Wildman–Crippen MR) is 81.9 cm³/mol. The van der Waals surface area contributed by atoms with Gasteiger partial charge in [0.1, 0.15) is 0 Å². The molecule has 22 heavy (non-hydrogen) atoms. The van der Waals surface area contributed by atoms with Gasteiger partial charge in [0.05, 0.1) is 20.3 Å². The number of hydrogen-bond donors (Lipinski definition) is 1. The molecule has 3 atom stereocenters. The van der Waals surface area contributed by atoms with E-state index >= 15 is 0 Å². The van der Waals surface area contributed by atoms with E-state index in [9.17, 15) is 10.4 Å². The molecular formula is C17H22N2O3. The van der Waals surface area contributed by atoms with Gasteiger partial charge in [0, 0.05) is 31.5 Å². The van der Waals surface area contributed by atoms with Gasteiger partial charge in [-0.2, -0.15) is 5.26 Å². The Labute approximate surface area is 131 Å². The summed E-state index contributed by atoms with van der Waals surface area (Å²) >= 11 is 0. The molecule has 2 aliphatic rings. The van der Waals surface area contributed by atoms with Gasteiger partial charge in [-0.15, -0.1) is 0 Å². The van der Waals surface area contributed by atoms with Crippen molar-refractivity contribution in [2.45, 2.75) is 31.4 Å². The van der Waals surface area contributed by atoms with Crippen molar-refractivity contribution < 1.29 is 14.6 Å². The quantitative estimate of drug-likeness (QED) is 0.845. The molecule has 0 saturated carbocycles. The first-order chi connectivity index (χ1) is 10.5. The molecule has 0 amide bonds. The fourth-order valence-corrected chi connectivity index (χ4v) is 3.69. The maximum atomic E-state index is 10.6. The highest BCUT2D eigenvalue weighted by Gasteiger charge is 2.46. The smallest absolute Gasteiger partial charge is 0.161 e. The van der Waals surface area contributed by atoms with Crippen LogP contribution in [0, 0.1) is 17.2 Å². The third-order valence-corrected chi connectivity index (χ3v) is 5.14. The Bertz CT molecular complexity index is 625. The topological polar surface area (TPSA) is 65.7 Å². The average Bonchev–Trinajstić information content (AvgIpc) is 2.54. The lowest BCUT2D eigenvalue weighted by Gasteiger charge is -2.47. The summed E-state index contributed by atoms with van der Waals surface area (Å²) in [7, 11) is 3.26. The second-order valence-corrected chi connectivity index (χ2v) is 6.31. The zero-order chi connectivity index (χ0) is 15.9. The third-order valence-electron chi connectivity index (χ3n) is 5.14. The minimum atomic E-state index is -1.26. The molecule has 0 radical (unpaired) electrons. The molecule has 1 aromatic carbocycles. The van der Waals surface area contributed by atoms with Crippen LogP contribution in [0.4, 0.5) is 0 Å². The Hall–Kier alpha value is -1.77. The Morgan fingerprint density at radius 2 is 2.00 bits per heavy atom. The van der Waals surface area contributed by atoms with Crippen molar-refractivity contribution in [3.05, 3.63) is 23.3 Å². The van der Waals surface area contributed by atoms with Gasteiger partial charge in [-0.3, -0.25) is 4.90 Å². The van der Waals surface area contributed by atoms with Crippen LogP contribution in [0.2, 0.25) is 0 Å². The first kappa shape index (κ1) is 15.1. The number of benzene rings is 1. The maximum Gasteiger partial charge on any atom is 0.161 e. The Morgan fingerprint density at radius 3 is 2.64 bits per heavy atom. The van der Waals surface area contributed by atoms with E-state index in [1.165, 1.54) is 5.56 Å². The van der Waals surface area contributed by atoms with Crippen LogP contribution in [-0.2, 0) is 6.42 Å². The van der Waals surface area contributed by atoms with Crippen LogP contribution in [0.25, 0.3) is 0 Å². The van der Waals surface area contributed by atoms with Gasteiger partial charge in [-0.25, -0.2) is 0 Å². The van der Waals surface area contributed by atoms with E-state index < -0.39 is 5.60 Å². The number of piperidine rings is 1. The average molecular weight is 302 g/mol. The Balaban J connectivity index is 2.03. The van der Waals surface area contributed by atoms with Crippen LogP contribution in [0.3, 0.4) is 0 Å². The van der Waals surface area contributed by atoms with Crippen LogP contribution in [0.1, 0.15) is 30.5 Å². The van der Waals surface area contributed by atoms with Gasteiger partial charge < -0.3 is 14.6 Å². The van der Waals surface area contributed by atoms with E-state index in [1.807, 2.05) is 19.1 Å². The molecule has 1 saturated heterocycles. The zero-order valence-electron chi connectivity index (χ0n) is 13.3. The van der Waals surface area contributed by atoms with Crippen LogP contribution < -0.4 is 9.47 Å². The van der Waals surface area contributed by atoms with Crippen molar-refractivity contribution in [3.63, 3.8) is 0 Å². The summed E-state index contributed by atoms with van der Waals surface area (Å²) in [4.78, 5) is 2.37. The van der Waals surface area contributed by atoms with Crippen LogP contribution in [-0.4, -0.2) is 42.9 Å². The number of nitrogens with zero attached hydrogens (tertiary/aromatic N) is 2. The van der Waals surface area contributed by atoms with Gasteiger partial charge in [0.2, 0.25) is 0 Å². The molecule has 2 aliphatic heterocycles. The molecule has 5 nitrogen and oxygen atoms in total. The Morgan fingerprint density at radius 1 is 1.32 bits per heavy atom. The number of aliphatic hydroxyl groups is 1. The van der Waals surface area contributed by atoms with E-state index in [-0.39, 0.29) is 12.0 Å². The summed E-state index contributed by atoms with van der Waals surface area (Å²) in [5, 5.41) is 20.0. The fourth-order valence-electron chi connectivity index (χ4n) is 3.69. The van der Waals surface area contributed by atoms with Crippen LogP contribution in [0.5, 0.6) is 11.5 Å². The second kappa shape index (κ2) is 5.45. The lowest BCUT2D eigenvalue weighted by molar-refractivity contribution is -0.0529. The van der Waals surface area contributed by atoms with E-state index in [0.29, 0.717) is 12.2 Å². The summed E-state index contributed by atoms with van der Waals surface area (Å²) in [5.74, 6) is 1.38. The van der Waals surface area contributed by atoms with Crippen molar-refractivity contribution in [1.29, 1.82) is 5.26 Å². The SMILES string of the molecule is COc1cc2c(cc1OC)C1CC(O)(C#N)C(C)CN1CC2. The minimum absolute atomic E-state index is 0.0459. The fraction of sp³-hybridized carbons (Fsp3) is 0.588. The first-order valence-electron chi connectivity index (χ1n) is 7.65. The molecule has 0 aromatic heterocycles. The normalized spacial score (nSPS) is 30.9. The summed E-state index contributed by atoms with van der Waals surface area (Å²) < 4.78 is 10.8. The molecule has 5 heteroatoms. The number of methoxy groups -OCH3 is 2. The van der Waals surface area contributed by atoms with Gasteiger partial charge in [0.15, 0.2) is 17.1 Å². The summed E-state index contributed by atoms with van der Waals surface area (Å²) in [5.41, 5.74) is 1.10. The van der Waals surface area contributed by atoms with Gasteiger partial charge in [-0.05, 0) is 29.7 Å². The van der Waals surface area contributed by atoms with Crippen LogP contribution >= 0.6 is 0 Å². The van der Waals surface area contributed by atoms with Crippen molar-refractivity contribution in [2.75, 3.05) is 27.3 Å². The van der Waals surface area contributed by atoms with E-state index in [4.69, 9.17) is 9.47 Å². The molecule has 1 fully saturated rings. The number of ether oxygens (including phenoxy) is 2. The largest absolute Gasteiger partial charge is 0.493 e. The lowest BCUT2D eigenvalue weighted by Crippen LogP contribution is -2.53. The van der Waals surface area contributed by atoms with E-state index in [2.05, 4.69) is 11.0 Å². The summed E-state index contributed by atoms with van der Waals surface area (Å²) in [6.07, 6.45) is 1.39. The van der Waals surface area contributed by atoms with E-state index in [1.54, 1.807) is 14.2 Å². The molecule has 1 aromatic rings. The monoisotopic (exact) mass is 302 g/mol. The molecule has 0 bridgehead atoms. The third kappa shape index (κ3) is 2.23. The van der Waals surface area contributed by atoms with Crippen molar-refractivity contribution >= 4 is 0 Å². The Kier molecular flexibility index (Phi) is 3.75. The summed E-state index contributed by atoms with van der Waals surface area (Å²) in [6, 6.07) is 6.20. The molecule has 0 spiro atoms. The van der Waals surface area contributed by atoms with Gasteiger partial charge in [0.25, 0.3) is 0 Å². The molecule has 1 N–H and O–H groups in total. The lowest BCUT2D eigenvalue weighted by atomic mass is 9.75. The van der Waals surface area contributed by atoms with E-state index in [0.717, 1.165) is 30.8 Å². The van der Waals surface area contributed by atoms with Crippen molar-refractivity contribution in [2.24, 2.45) is 5.92 Å². The zero-order valence-corrected chi connectivity index (χ0v) is 13.3. The first-order valence-corrected chi connectivity index (χ1v) is 7.65. The highest BCUT2D eigenvalue weighted by molar-refractivity contribution is 5.50. The molecule has 118 valence electrons. The molecule has 3 rings (SSSR count). The molecule has 0 aliphatic carbocycles. The van der Waals surface area contributed by atoms with Crippen molar-refractivity contribution in [1.82, 2.24) is 4.90 Å². The van der Waals surface area contributed by atoms with Crippen molar-refractivity contribution in [3.8, 4) is 17.6 Å². The standard InChI is InChI=1S/C17H22N2O3/c1-11-9-19-5-4-12-6-15(21-2)16(22-3)7-13(12)14(19)8-17(11,20)10-18/h6-7,11,14,20H,4-5,8-9H2,1-3H3. The number of nitriles is 1. The maximum absolute atomic E-state index is 10.6. The van der Waals surface area contributed by atoms with Gasteiger partial charge >= 0.3 is 0 Å².